The van der Waals surface area contributed by atoms with Crippen molar-refractivity contribution in [2.75, 3.05) is 13.2 Å². The first-order valence-corrected chi connectivity index (χ1v) is 14.5. The normalized spacial score (nSPS) is 12.1. The zero-order valence-corrected chi connectivity index (χ0v) is 22.8. The van der Waals surface area contributed by atoms with Gasteiger partial charge in [-0.3, -0.25) is 9.59 Å². The molecular weight excluding hydrogens is 428 g/mol. The quantitative estimate of drug-likeness (QED) is 0.105. The van der Waals surface area contributed by atoms with E-state index in [1.54, 1.807) is 0 Å². The van der Waals surface area contributed by atoms with Gasteiger partial charge in [-0.15, -0.1) is 0 Å². The van der Waals surface area contributed by atoms with E-state index in [9.17, 15) is 14.7 Å². The van der Waals surface area contributed by atoms with Crippen LogP contribution in [0.1, 0.15) is 149 Å². The highest BCUT2D eigenvalue weighted by Gasteiger charge is 2.16. The van der Waals surface area contributed by atoms with Gasteiger partial charge >= 0.3 is 11.9 Å². The van der Waals surface area contributed by atoms with Crippen LogP contribution in [0.5, 0.6) is 0 Å². The topological polar surface area (TPSA) is 72.8 Å². The Morgan fingerprint density at radius 1 is 0.647 bits per heavy atom. The number of aliphatic hydroxyl groups excluding tert-OH is 1. The summed E-state index contributed by atoms with van der Waals surface area (Å²) in [6.07, 6.45) is 21.6. The molecule has 0 radical (unpaired) electrons. The van der Waals surface area contributed by atoms with Crippen LogP contribution in [-0.2, 0) is 19.1 Å². The summed E-state index contributed by atoms with van der Waals surface area (Å²) in [5.74, 6) is 0.185. The van der Waals surface area contributed by atoms with Gasteiger partial charge < -0.3 is 14.6 Å². The average Bonchev–Trinajstić information content (AvgIpc) is 2.81. The first kappa shape index (κ1) is 32.9. The molecule has 1 N–H and O–H groups in total. The highest BCUT2D eigenvalue weighted by molar-refractivity contribution is 5.70. The summed E-state index contributed by atoms with van der Waals surface area (Å²) >= 11 is 0. The zero-order valence-electron chi connectivity index (χ0n) is 22.8. The molecule has 1 atom stereocenters. The molecule has 0 aromatic rings. The summed E-state index contributed by atoms with van der Waals surface area (Å²) in [5, 5.41) is 9.43. The standard InChI is InChI=1S/C29H56O5/c1-4-5-6-7-8-9-10-11-12-17-20-23-29(32)34-27(24-30)25-33-28(31)22-19-16-14-13-15-18-21-26(2)3/h26-27,30H,4-25H2,1-3H3/t27-/m0/s1. The fourth-order valence-corrected chi connectivity index (χ4v) is 4.09. The molecule has 34 heavy (non-hydrogen) atoms. The third kappa shape index (κ3) is 24.0. The van der Waals surface area contributed by atoms with E-state index in [1.807, 2.05) is 0 Å². The number of hydrogen-bond acceptors (Lipinski definition) is 5. The largest absolute Gasteiger partial charge is 0.462 e. The number of rotatable bonds is 25. The van der Waals surface area contributed by atoms with Crippen LogP contribution in [0.2, 0.25) is 0 Å². The maximum absolute atomic E-state index is 12.0. The van der Waals surface area contributed by atoms with E-state index in [0.29, 0.717) is 12.8 Å². The van der Waals surface area contributed by atoms with Gasteiger partial charge in [-0.1, -0.05) is 124 Å². The van der Waals surface area contributed by atoms with Crippen LogP contribution in [-0.4, -0.2) is 36.4 Å². The van der Waals surface area contributed by atoms with Crippen molar-refractivity contribution in [3.8, 4) is 0 Å². The van der Waals surface area contributed by atoms with Crippen molar-refractivity contribution in [2.24, 2.45) is 5.92 Å². The van der Waals surface area contributed by atoms with Crippen molar-refractivity contribution in [1.82, 2.24) is 0 Å². The van der Waals surface area contributed by atoms with Gasteiger partial charge in [-0.05, 0) is 18.8 Å². The Kier molecular flexibility index (Phi) is 24.2. The SMILES string of the molecule is CCCCCCCCCCCCCC(=O)O[C@@H](CO)COC(=O)CCCCCCCCC(C)C. The number of hydrogen-bond donors (Lipinski definition) is 1. The van der Waals surface area contributed by atoms with Gasteiger partial charge in [0.2, 0.25) is 0 Å². The third-order valence-corrected chi connectivity index (χ3v) is 6.33. The van der Waals surface area contributed by atoms with Crippen molar-refractivity contribution >= 4 is 11.9 Å². The van der Waals surface area contributed by atoms with Crippen LogP contribution < -0.4 is 0 Å². The predicted octanol–water partition coefficient (Wildman–Crippen LogP) is 7.91. The second-order valence-corrected chi connectivity index (χ2v) is 10.3. The van der Waals surface area contributed by atoms with Crippen molar-refractivity contribution in [3.05, 3.63) is 0 Å². The van der Waals surface area contributed by atoms with E-state index in [-0.39, 0.29) is 25.2 Å². The molecule has 202 valence electrons. The van der Waals surface area contributed by atoms with Crippen molar-refractivity contribution in [2.45, 2.75) is 155 Å². The van der Waals surface area contributed by atoms with E-state index in [1.165, 1.54) is 77.0 Å². The Morgan fingerprint density at radius 2 is 1.09 bits per heavy atom. The molecule has 0 saturated carbocycles. The van der Waals surface area contributed by atoms with Crippen LogP contribution in [0.25, 0.3) is 0 Å². The van der Waals surface area contributed by atoms with E-state index >= 15 is 0 Å². The van der Waals surface area contributed by atoms with Crippen LogP contribution in [0.15, 0.2) is 0 Å². The molecule has 0 aromatic heterocycles. The van der Waals surface area contributed by atoms with Crippen LogP contribution in [0.3, 0.4) is 0 Å². The number of ether oxygens (including phenoxy) is 2. The van der Waals surface area contributed by atoms with Gasteiger partial charge in [0.05, 0.1) is 6.61 Å². The van der Waals surface area contributed by atoms with Crippen LogP contribution in [0.4, 0.5) is 0 Å². The fourth-order valence-electron chi connectivity index (χ4n) is 4.09. The Balaban J connectivity index is 3.60. The Hall–Kier alpha value is -1.10. The Morgan fingerprint density at radius 3 is 1.56 bits per heavy atom. The van der Waals surface area contributed by atoms with Crippen molar-refractivity contribution in [1.29, 1.82) is 0 Å². The van der Waals surface area contributed by atoms with Gasteiger partial charge in [0.15, 0.2) is 6.10 Å². The lowest BCUT2D eigenvalue weighted by Gasteiger charge is -2.15. The first-order chi connectivity index (χ1) is 16.5. The van der Waals surface area contributed by atoms with Crippen LogP contribution >= 0.6 is 0 Å². The minimum atomic E-state index is -0.759. The number of unbranched alkanes of at least 4 members (excludes halogenated alkanes) is 15. The summed E-state index contributed by atoms with van der Waals surface area (Å²) in [7, 11) is 0. The smallest absolute Gasteiger partial charge is 0.306 e. The molecule has 0 aromatic carbocycles. The van der Waals surface area contributed by atoms with E-state index in [0.717, 1.165) is 44.4 Å². The molecule has 0 heterocycles. The monoisotopic (exact) mass is 484 g/mol. The molecule has 0 aliphatic carbocycles. The molecule has 0 saturated heterocycles. The Labute approximate surface area is 210 Å². The summed E-state index contributed by atoms with van der Waals surface area (Å²) < 4.78 is 10.5. The summed E-state index contributed by atoms with van der Waals surface area (Å²) in [4.78, 5) is 23.9. The lowest BCUT2D eigenvalue weighted by Crippen LogP contribution is -2.28. The van der Waals surface area contributed by atoms with E-state index < -0.39 is 6.10 Å². The van der Waals surface area contributed by atoms with E-state index in [2.05, 4.69) is 20.8 Å². The van der Waals surface area contributed by atoms with Crippen LogP contribution in [0, 0.1) is 5.92 Å². The van der Waals surface area contributed by atoms with Gasteiger partial charge in [-0.25, -0.2) is 0 Å². The molecule has 0 spiro atoms. The third-order valence-electron chi connectivity index (χ3n) is 6.33. The lowest BCUT2D eigenvalue weighted by atomic mass is 10.0. The molecule has 0 bridgehead atoms. The summed E-state index contributed by atoms with van der Waals surface area (Å²) in [6.45, 7) is 6.37. The average molecular weight is 485 g/mol. The molecule has 0 fully saturated rings. The first-order valence-electron chi connectivity index (χ1n) is 14.5. The minimum absolute atomic E-state index is 0.0610. The maximum atomic E-state index is 12.0. The van der Waals surface area contributed by atoms with Crippen molar-refractivity contribution in [3.63, 3.8) is 0 Å². The minimum Gasteiger partial charge on any atom is -0.462 e. The molecule has 5 heteroatoms. The number of esters is 2. The second kappa shape index (κ2) is 25.0. The molecule has 0 unspecified atom stereocenters. The van der Waals surface area contributed by atoms with Gasteiger partial charge in [-0.2, -0.15) is 0 Å². The van der Waals surface area contributed by atoms with Crippen molar-refractivity contribution < 1.29 is 24.2 Å². The molecule has 5 nitrogen and oxygen atoms in total. The number of carbonyl (C=O) groups is 2. The number of aliphatic hydroxyl groups is 1. The fraction of sp³-hybridized carbons (Fsp3) is 0.931. The molecule has 0 aliphatic heterocycles. The molecular formula is C29H56O5. The molecule has 0 amide bonds. The maximum Gasteiger partial charge on any atom is 0.306 e. The lowest BCUT2D eigenvalue weighted by molar-refractivity contribution is -0.161. The van der Waals surface area contributed by atoms with Gasteiger partial charge in [0, 0.05) is 12.8 Å². The second-order valence-electron chi connectivity index (χ2n) is 10.3. The summed E-state index contributed by atoms with van der Waals surface area (Å²) in [6, 6.07) is 0. The highest BCUT2D eigenvalue weighted by atomic mass is 16.6. The predicted molar refractivity (Wildman–Crippen MR) is 141 cm³/mol. The highest BCUT2D eigenvalue weighted by Crippen LogP contribution is 2.14. The Bertz CT molecular complexity index is 463. The zero-order chi connectivity index (χ0) is 25.3. The van der Waals surface area contributed by atoms with Gasteiger partial charge in [0.1, 0.15) is 6.61 Å². The summed E-state index contributed by atoms with van der Waals surface area (Å²) in [5.41, 5.74) is 0. The molecule has 0 aliphatic rings. The van der Waals surface area contributed by atoms with E-state index in [4.69, 9.17) is 9.47 Å². The van der Waals surface area contributed by atoms with Gasteiger partial charge in [0.25, 0.3) is 0 Å². The molecule has 0 rings (SSSR count). The number of carbonyl (C=O) groups excluding carboxylic acids is 2.